The molecule has 0 aliphatic carbocycles. The molecule has 1 N–H and O–H groups in total. The summed E-state index contributed by atoms with van der Waals surface area (Å²) in [6.45, 7) is 2.38. The smallest absolute Gasteiger partial charge is 0.305 e. The average Bonchev–Trinajstić information content (AvgIpc) is 3.31. The van der Waals surface area contributed by atoms with Crippen LogP contribution in [0.1, 0.15) is 49.0 Å². The molecule has 1 aromatic carbocycles. The van der Waals surface area contributed by atoms with Gasteiger partial charge in [0.15, 0.2) is 0 Å². The van der Waals surface area contributed by atoms with E-state index in [9.17, 15) is 4.79 Å². The van der Waals surface area contributed by atoms with Gasteiger partial charge in [0, 0.05) is 29.9 Å². The van der Waals surface area contributed by atoms with Gasteiger partial charge in [0.25, 0.3) is 0 Å². The number of hydrogen-bond donors (Lipinski definition) is 1. The van der Waals surface area contributed by atoms with E-state index in [0.29, 0.717) is 32.0 Å². The molecule has 1 unspecified atom stereocenters. The lowest BCUT2D eigenvalue weighted by Gasteiger charge is -2.34. The monoisotopic (exact) mass is 425 g/mol. The average molecular weight is 426 g/mol. The predicted octanol–water partition coefficient (Wildman–Crippen LogP) is 4.18. The fourth-order valence-electron chi connectivity index (χ4n) is 3.91. The fraction of sp³-hybridized carbons (Fsp3) is 0.455. The van der Waals surface area contributed by atoms with E-state index in [1.165, 1.54) is 25.0 Å². The third-order valence-electron chi connectivity index (χ3n) is 5.42. The van der Waals surface area contributed by atoms with Gasteiger partial charge < -0.3 is 10.1 Å². The number of para-hydroxylation sites is 1. The minimum Gasteiger partial charge on any atom is -0.469 e. The first kappa shape index (κ1) is 20.7. The molecule has 4 rings (SSSR count). The van der Waals surface area contributed by atoms with E-state index in [0.717, 1.165) is 35.5 Å². The molecule has 0 saturated carbocycles. The van der Waals surface area contributed by atoms with Crippen LogP contribution in [0.4, 0.5) is 5.82 Å². The number of anilines is 1. The van der Waals surface area contributed by atoms with Gasteiger partial charge in [0.05, 0.1) is 25.2 Å². The van der Waals surface area contributed by atoms with E-state index in [-0.39, 0.29) is 5.97 Å². The Bertz CT molecular complexity index is 979. The molecule has 30 heavy (non-hydrogen) atoms. The fourth-order valence-corrected chi connectivity index (χ4v) is 4.72. The van der Waals surface area contributed by atoms with Crippen molar-refractivity contribution < 1.29 is 9.53 Å². The molecule has 8 heteroatoms. The van der Waals surface area contributed by atoms with Crippen molar-refractivity contribution in [1.82, 2.24) is 19.9 Å². The number of benzene rings is 1. The summed E-state index contributed by atoms with van der Waals surface area (Å²) in [5, 5.41) is 7.61. The highest BCUT2D eigenvalue weighted by Gasteiger charge is 2.26. The number of esters is 1. The number of ether oxygens (including phenoxy) is 1. The van der Waals surface area contributed by atoms with E-state index in [2.05, 4.69) is 15.2 Å². The summed E-state index contributed by atoms with van der Waals surface area (Å²) in [5.74, 6) is 1.44. The summed E-state index contributed by atoms with van der Waals surface area (Å²) in [6.07, 6.45) is 6.51. The van der Waals surface area contributed by atoms with Crippen molar-refractivity contribution in [3.63, 3.8) is 0 Å². The zero-order valence-electron chi connectivity index (χ0n) is 17.2. The minimum atomic E-state index is -0.191. The highest BCUT2D eigenvalue weighted by Crippen LogP contribution is 2.33. The largest absolute Gasteiger partial charge is 0.469 e. The van der Waals surface area contributed by atoms with Gasteiger partial charge in [-0.05, 0) is 37.9 Å². The molecule has 0 bridgehead atoms. The first-order chi connectivity index (χ1) is 14.7. The molecule has 2 aromatic heterocycles. The Morgan fingerprint density at radius 2 is 2.20 bits per heavy atom. The molecule has 1 aliphatic rings. The van der Waals surface area contributed by atoms with Crippen LogP contribution in [0, 0.1) is 0 Å². The Hall–Kier alpha value is -2.58. The van der Waals surface area contributed by atoms with Gasteiger partial charge in [-0.15, -0.1) is 11.3 Å². The van der Waals surface area contributed by atoms with Crippen LogP contribution >= 0.6 is 11.3 Å². The van der Waals surface area contributed by atoms with Crippen LogP contribution in [0.5, 0.6) is 0 Å². The zero-order chi connectivity index (χ0) is 20.8. The summed E-state index contributed by atoms with van der Waals surface area (Å²) < 4.78 is 4.71. The predicted molar refractivity (Wildman–Crippen MR) is 118 cm³/mol. The number of hydrogen-bond acceptors (Lipinski definition) is 8. The number of aromatic nitrogens is 3. The molecule has 0 amide bonds. The standard InChI is InChI=1S/C22H27N5O2S/c1-29-20(28)10-6-11-23-21-16-7-2-3-8-17(16)25-19(26-21)15-27-13-5-4-9-18(27)22-24-12-14-30-22/h2-3,7-8,12,14,18H,4-6,9-11,13,15H2,1H3,(H,23,25,26). The van der Waals surface area contributed by atoms with E-state index < -0.39 is 0 Å². The number of nitrogens with one attached hydrogen (secondary N) is 1. The molecule has 0 spiro atoms. The minimum absolute atomic E-state index is 0.191. The Morgan fingerprint density at radius 3 is 3.03 bits per heavy atom. The second kappa shape index (κ2) is 9.95. The molecular formula is C22H27N5O2S. The summed E-state index contributed by atoms with van der Waals surface area (Å²) in [5.41, 5.74) is 0.931. The van der Waals surface area contributed by atoms with Gasteiger partial charge in [-0.3, -0.25) is 9.69 Å². The molecule has 1 saturated heterocycles. The van der Waals surface area contributed by atoms with E-state index in [1.54, 1.807) is 11.3 Å². The molecule has 158 valence electrons. The lowest BCUT2D eigenvalue weighted by Crippen LogP contribution is -2.33. The van der Waals surface area contributed by atoms with E-state index >= 15 is 0 Å². The van der Waals surface area contributed by atoms with Crippen LogP contribution in [0.2, 0.25) is 0 Å². The lowest BCUT2D eigenvalue weighted by atomic mass is 10.0. The Kier molecular flexibility index (Phi) is 6.86. The molecule has 1 aliphatic heterocycles. The number of rotatable bonds is 8. The van der Waals surface area contributed by atoms with Crippen LogP contribution in [0.15, 0.2) is 35.8 Å². The number of nitrogens with zero attached hydrogens (tertiary/aromatic N) is 4. The SMILES string of the molecule is COC(=O)CCCNc1nc(CN2CCCCC2c2nccs2)nc2ccccc12. The maximum absolute atomic E-state index is 11.4. The summed E-state index contributed by atoms with van der Waals surface area (Å²) in [4.78, 5) is 28.0. The second-order valence-corrected chi connectivity index (χ2v) is 8.39. The van der Waals surface area contributed by atoms with Crippen LogP contribution in [0.25, 0.3) is 10.9 Å². The van der Waals surface area contributed by atoms with E-state index in [1.807, 2.05) is 35.8 Å². The number of methoxy groups -OCH3 is 1. The maximum Gasteiger partial charge on any atom is 0.305 e. The third kappa shape index (κ3) is 4.94. The van der Waals surface area contributed by atoms with Crippen molar-refractivity contribution in [2.75, 3.05) is 25.5 Å². The van der Waals surface area contributed by atoms with Crippen LogP contribution in [-0.2, 0) is 16.1 Å². The normalized spacial score (nSPS) is 17.2. The highest BCUT2D eigenvalue weighted by molar-refractivity contribution is 7.09. The zero-order valence-corrected chi connectivity index (χ0v) is 18.0. The van der Waals surface area contributed by atoms with Gasteiger partial charge in [-0.2, -0.15) is 0 Å². The van der Waals surface area contributed by atoms with E-state index in [4.69, 9.17) is 14.7 Å². The summed E-state index contributed by atoms with van der Waals surface area (Å²) >= 11 is 1.72. The molecular weight excluding hydrogens is 398 g/mol. The molecule has 1 fully saturated rings. The lowest BCUT2D eigenvalue weighted by molar-refractivity contribution is -0.140. The van der Waals surface area contributed by atoms with Crippen molar-refractivity contribution in [2.45, 2.75) is 44.7 Å². The van der Waals surface area contributed by atoms with Crippen LogP contribution < -0.4 is 5.32 Å². The van der Waals surface area contributed by atoms with Gasteiger partial charge >= 0.3 is 5.97 Å². The molecule has 3 heterocycles. The number of carbonyl (C=O) groups excluding carboxylic acids is 1. The van der Waals surface area contributed by atoms with Gasteiger partial charge in [-0.1, -0.05) is 18.6 Å². The molecule has 7 nitrogen and oxygen atoms in total. The molecule has 1 atom stereocenters. The Morgan fingerprint density at radius 1 is 1.30 bits per heavy atom. The molecule has 3 aromatic rings. The number of fused-ring (bicyclic) bond motifs is 1. The number of thiazole rings is 1. The third-order valence-corrected chi connectivity index (χ3v) is 6.30. The number of piperidine rings is 1. The maximum atomic E-state index is 11.4. The van der Waals surface area contributed by atoms with Gasteiger partial charge in [0.2, 0.25) is 0 Å². The van der Waals surface area contributed by atoms with Crippen molar-refractivity contribution in [3.05, 3.63) is 46.7 Å². The van der Waals surface area contributed by atoms with Crippen molar-refractivity contribution >= 4 is 34.0 Å². The number of carbonyl (C=O) groups is 1. The number of likely N-dealkylation sites (tertiary alicyclic amines) is 1. The quantitative estimate of drug-likeness (QED) is 0.428. The van der Waals surface area contributed by atoms with Crippen molar-refractivity contribution in [1.29, 1.82) is 0 Å². The first-order valence-corrected chi connectivity index (χ1v) is 11.3. The Labute approximate surface area is 180 Å². The van der Waals surface area contributed by atoms with Gasteiger partial charge in [-0.25, -0.2) is 15.0 Å². The first-order valence-electron chi connectivity index (χ1n) is 10.4. The Balaban J connectivity index is 1.52. The van der Waals surface area contributed by atoms with Gasteiger partial charge in [0.1, 0.15) is 16.6 Å². The van der Waals surface area contributed by atoms with Crippen molar-refractivity contribution in [3.8, 4) is 0 Å². The summed E-state index contributed by atoms with van der Waals surface area (Å²) in [6, 6.07) is 8.38. The molecule has 0 radical (unpaired) electrons. The van der Waals surface area contributed by atoms with Crippen LogP contribution in [0.3, 0.4) is 0 Å². The summed E-state index contributed by atoms with van der Waals surface area (Å²) in [7, 11) is 1.42. The topological polar surface area (TPSA) is 80.2 Å². The second-order valence-electron chi connectivity index (χ2n) is 7.46. The highest BCUT2D eigenvalue weighted by atomic mass is 32.1. The van der Waals surface area contributed by atoms with Crippen molar-refractivity contribution in [2.24, 2.45) is 0 Å². The van der Waals surface area contributed by atoms with Crippen LogP contribution in [-0.4, -0.2) is 46.0 Å².